The highest BCUT2D eigenvalue weighted by Crippen LogP contribution is 2.24. The van der Waals surface area contributed by atoms with E-state index >= 15 is 0 Å². The molecule has 0 bridgehead atoms. The first kappa shape index (κ1) is 16.7. The van der Waals surface area contributed by atoms with E-state index in [9.17, 15) is 4.79 Å². The van der Waals surface area contributed by atoms with Gasteiger partial charge in [-0.05, 0) is 48.9 Å². The van der Waals surface area contributed by atoms with Crippen LogP contribution in [0.2, 0.25) is 0 Å². The van der Waals surface area contributed by atoms with Gasteiger partial charge in [-0.15, -0.1) is 15.0 Å². The average Bonchev–Trinajstić information content (AvgIpc) is 3.12. The molecule has 2 heterocycles. The van der Waals surface area contributed by atoms with Crippen LogP contribution in [0, 0.1) is 6.92 Å². The predicted octanol–water partition coefficient (Wildman–Crippen LogP) is 3.14. The Morgan fingerprint density at radius 3 is 2.44 bits per heavy atom. The largest absolute Gasteiger partial charge is 0.481 e. The molecule has 0 saturated carbocycles. The van der Waals surface area contributed by atoms with Gasteiger partial charge in [-0.3, -0.25) is 9.78 Å². The highest BCUT2D eigenvalue weighted by molar-refractivity contribution is 5.91. The third-order valence-corrected chi connectivity index (χ3v) is 3.94. The van der Waals surface area contributed by atoms with Gasteiger partial charge in [0.2, 0.25) is 0 Å². The summed E-state index contributed by atoms with van der Waals surface area (Å²) in [5.74, 6) is 0.275. The Hall–Kier alpha value is -3.74. The normalized spacial score (nSPS) is 10.7. The van der Waals surface area contributed by atoms with E-state index in [0.717, 1.165) is 16.6 Å². The van der Waals surface area contributed by atoms with Gasteiger partial charge in [-0.1, -0.05) is 18.2 Å². The molecule has 1 amide bonds. The Kier molecular flexibility index (Phi) is 4.49. The van der Waals surface area contributed by atoms with Crippen molar-refractivity contribution in [2.24, 2.45) is 0 Å². The molecule has 7 nitrogen and oxygen atoms in total. The van der Waals surface area contributed by atoms with Gasteiger partial charge in [0.1, 0.15) is 22.5 Å². The van der Waals surface area contributed by atoms with E-state index in [0.29, 0.717) is 17.1 Å². The van der Waals surface area contributed by atoms with Crippen LogP contribution in [0.5, 0.6) is 5.75 Å². The van der Waals surface area contributed by atoms with E-state index in [1.807, 2.05) is 49.4 Å². The van der Waals surface area contributed by atoms with Crippen molar-refractivity contribution < 1.29 is 9.53 Å². The maximum atomic E-state index is 12.1. The lowest BCUT2D eigenvalue weighted by atomic mass is 10.2. The number of benzene rings is 2. The molecule has 0 saturated heterocycles. The van der Waals surface area contributed by atoms with Crippen molar-refractivity contribution in [1.29, 1.82) is 0 Å². The molecule has 0 aliphatic heterocycles. The zero-order chi connectivity index (χ0) is 18.6. The SMILES string of the molecule is Cc1ccc(OCC(=O)Nc2ccncc2)c(-n2nc3ccccc3n2)c1. The molecule has 0 radical (unpaired) electrons. The number of carbonyl (C=O) groups is 1. The minimum atomic E-state index is -0.258. The molecule has 4 rings (SSSR count). The lowest BCUT2D eigenvalue weighted by Crippen LogP contribution is -2.20. The Morgan fingerprint density at radius 1 is 1.04 bits per heavy atom. The van der Waals surface area contributed by atoms with Crippen LogP contribution in [0.15, 0.2) is 67.0 Å². The van der Waals surface area contributed by atoms with Gasteiger partial charge < -0.3 is 10.1 Å². The van der Waals surface area contributed by atoms with Crippen molar-refractivity contribution in [2.45, 2.75) is 6.92 Å². The monoisotopic (exact) mass is 359 g/mol. The smallest absolute Gasteiger partial charge is 0.262 e. The van der Waals surface area contributed by atoms with Crippen LogP contribution >= 0.6 is 0 Å². The molecule has 0 unspecified atom stereocenters. The zero-order valence-corrected chi connectivity index (χ0v) is 14.7. The number of nitrogens with one attached hydrogen (secondary N) is 1. The number of hydrogen-bond acceptors (Lipinski definition) is 5. The molecule has 134 valence electrons. The lowest BCUT2D eigenvalue weighted by Gasteiger charge is -2.11. The summed E-state index contributed by atoms with van der Waals surface area (Å²) in [6.07, 6.45) is 3.23. The number of fused-ring (bicyclic) bond motifs is 1. The maximum Gasteiger partial charge on any atom is 0.262 e. The number of anilines is 1. The summed E-state index contributed by atoms with van der Waals surface area (Å²) >= 11 is 0. The fraction of sp³-hybridized carbons (Fsp3) is 0.100. The van der Waals surface area contributed by atoms with Crippen LogP contribution in [0.25, 0.3) is 16.7 Å². The van der Waals surface area contributed by atoms with Gasteiger partial charge in [0.05, 0.1) is 0 Å². The molecule has 2 aromatic heterocycles. The second-order valence-electron chi connectivity index (χ2n) is 6.02. The fourth-order valence-electron chi connectivity index (χ4n) is 2.65. The Morgan fingerprint density at radius 2 is 1.74 bits per heavy atom. The number of aryl methyl sites for hydroxylation is 1. The number of ether oxygens (including phenoxy) is 1. The van der Waals surface area contributed by atoms with Gasteiger partial charge in [0.25, 0.3) is 5.91 Å². The van der Waals surface area contributed by atoms with E-state index < -0.39 is 0 Å². The standard InChI is InChI=1S/C20H17N5O2/c1-14-6-7-19(27-13-20(26)22-15-8-10-21-11-9-15)18(12-14)25-23-16-4-2-3-5-17(16)24-25/h2-12H,13H2,1H3,(H,21,22,26). The summed E-state index contributed by atoms with van der Waals surface area (Å²) in [6, 6.07) is 16.7. The number of nitrogens with zero attached hydrogens (tertiary/aromatic N) is 4. The van der Waals surface area contributed by atoms with Crippen LogP contribution < -0.4 is 10.1 Å². The van der Waals surface area contributed by atoms with Crippen LogP contribution in [0.1, 0.15) is 5.56 Å². The number of aromatic nitrogens is 4. The fourth-order valence-corrected chi connectivity index (χ4v) is 2.65. The second-order valence-corrected chi connectivity index (χ2v) is 6.02. The molecular formula is C20H17N5O2. The maximum absolute atomic E-state index is 12.1. The van der Waals surface area contributed by atoms with Crippen molar-refractivity contribution in [3.05, 3.63) is 72.6 Å². The Bertz CT molecular complexity index is 1060. The van der Waals surface area contributed by atoms with Crippen LogP contribution in [0.3, 0.4) is 0 Å². The highest BCUT2D eigenvalue weighted by Gasteiger charge is 2.12. The molecule has 4 aromatic rings. The third-order valence-electron chi connectivity index (χ3n) is 3.94. The van der Waals surface area contributed by atoms with Gasteiger partial charge in [-0.2, -0.15) is 0 Å². The van der Waals surface area contributed by atoms with Gasteiger partial charge in [0.15, 0.2) is 6.61 Å². The average molecular weight is 359 g/mol. The number of carbonyl (C=O) groups excluding carboxylic acids is 1. The van der Waals surface area contributed by atoms with E-state index in [2.05, 4.69) is 20.5 Å². The summed E-state index contributed by atoms with van der Waals surface area (Å²) in [7, 11) is 0. The Balaban J connectivity index is 1.55. The zero-order valence-electron chi connectivity index (χ0n) is 14.7. The minimum Gasteiger partial charge on any atom is -0.481 e. The molecule has 1 N–H and O–H groups in total. The molecule has 0 aliphatic carbocycles. The predicted molar refractivity (Wildman–Crippen MR) is 102 cm³/mol. The van der Waals surface area contributed by atoms with Crippen LogP contribution in [-0.2, 0) is 4.79 Å². The summed E-state index contributed by atoms with van der Waals surface area (Å²) in [6.45, 7) is 1.85. The number of hydrogen-bond donors (Lipinski definition) is 1. The summed E-state index contributed by atoms with van der Waals surface area (Å²) in [5.41, 5.74) is 3.98. The molecule has 0 atom stereocenters. The topological polar surface area (TPSA) is 81.9 Å². The van der Waals surface area contributed by atoms with Gasteiger partial charge in [0, 0.05) is 18.1 Å². The lowest BCUT2D eigenvalue weighted by molar-refractivity contribution is -0.118. The van der Waals surface area contributed by atoms with Crippen molar-refractivity contribution in [1.82, 2.24) is 20.0 Å². The van der Waals surface area contributed by atoms with Gasteiger partial charge >= 0.3 is 0 Å². The highest BCUT2D eigenvalue weighted by atomic mass is 16.5. The minimum absolute atomic E-state index is 0.126. The number of rotatable bonds is 5. The van der Waals surface area contributed by atoms with Crippen molar-refractivity contribution in [3.8, 4) is 11.4 Å². The van der Waals surface area contributed by atoms with E-state index in [1.54, 1.807) is 24.5 Å². The molecule has 0 spiro atoms. The van der Waals surface area contributed by atoms with Gasteiger partial charge in [-0.25, -0.2) is 0 Å². The van der Waals surface area contributed by atoms with Crippen molar-refractivity contribution in [3.63, 3.8) is 0 Å². The van der Waals surface area contributed by atoms with Crippen molar-refractivity contribution in [2.75, 3.05) is 11.9 Å². The first-order valence-electron chi connectivity index (χ1n) is 8.45. The quantitative estimate of drug-likeness (QED) is 0.592. The molecular weight excluding hydrogens is 342 g/mol. The van der Waals surface area contributed by atoms with E-state index in [-0.39, 0.29) is 12.5 Å². The third kappa shape index (κ3) is 3.77. The molecule has 7 heteroatoms. The van der Waals surface area contributed by atoms with Crippen LogP contribution in [0.4, 0.5) is 5.69 Å². The first-order valence-corrected chi connectivity index (χ1v) is 8.45. The van der Waals surface area contributed by atoms with E-state index in [1.165, 1.54) is 4.80 Å². The number of pyridine rings is 1. The first-order chi connectivity index (χ1) is 13.2. The van der Waals surface area contributed by atoms with Crippen LogP contribution in [-0.4, -0.2) is 32.5 Å². The Labute approximate surface area is 155 Å². The molecule has 0 fully saturated rings. The molecule has 27 heavy (non-hydrogen) atoms. The van der Waals surface area contributed by atoms with E-state index in [4.69, 9.17) is 4.74 Å². The summed E-state index contributed by atoms with van der Waals surface area (Å²) in [5, 5.41) is 11.8. The van der Waals surface area contributed by atoms with Crippen molar-refractivity contribution >= 4 is 22.6 Å². The summed E-state index contributed by atoms with van der Waals surface area (Å²) < 4.78 is 5.75. The number of amides is 1. The molecule has 2 aromatic carbocycles. The molecule has 0 aliphatic rings. The second kappa shape index (κ2) is 7.25. The summed E-state index contributed by atoms with van der Waals surface area (Å²) in [4.78, 5) is 17.6.